The number of nitrogens with zero attached hydrogens (tertiary/aromatic N) is 1. The number of carbonyl (C=O) groups excluding carboxylic acids is 1. The predicted octanol–water partition coefficient (Wildman–Crippen LogP) is 2.18. The minimum absolute atomic E-state index is 0.0207. The predicted molar refractivity (Wildman–Crippen MR) is 85.7 cm³/mol. The van der Waals surface area contributed by atoms with Crippen LogP contribution in [0.1, 0.15) is 21.6 Å². The van der Waals surface area contributed by atoms with Gasteiger partial charge in [0.1, 0.15) is 5.82 Å². The Bertz CT molecular complexity index is 645. The van der Waals surface area contributed by atoms with Crippen molar-refractivity contribution in [2.45, 2.75) is 19.6 Å². The van der Waals surface area contributed by atoms with Crippen LogP contribution in [0.15, 0.2) is 42.5 Å². The lowest BCUT2D eigenvalue weighted by atomic mass is 9.60. The number of anilines is 1. The van der Waals surface area contributed by atoms with Crippen LogP contribution in [0.25, 0.3) is 0 Å². The molecule has 0 aliphatic carbocycles. The Labute approximate surface area is 125 Å². The lowest BCUT2D eigenvalue weighted by Gasteiger charge is -2.18. The number of fused-ring (bicyclic) bond motifs is 1. The Hall–Kier alpha value is -2.30. The molecule has 0 unspecified atom stereocenters. The molecule has 21 heavy (non-hydrogen) atoms. The maximum Gasteiger partial charge on any atom is 0.254 e. The van der Waals surface area contributed by atoms with Crippen LogP contribution in [0.3, 0.4) is 0 Å². The van der Waals surface area contributed by atoms with Crippen molar-refractivity contribution in [2.24, 2.45) is 0 Å². The molecule has 0 bridgehead atoms. The van der Waals surface area contributed by atoms with Gasteiger partial charge in [0, 0.05) is 13.0 Å². The van der Waals surface area contributed by atoms with Crippen molar-refractivity contribution in [1.29, 1.82) is 0 Å². The van der Waals surface area contributed by atoms with Gasteiger partial charge in [-0.05, 0) is 18.5 Å². The van der Waals surface area contributed by atoms with Gasteiger partial charge in [-0.15, -0.1) is 0 Å². The molecule has 1 amide bonds. The van der Waals surface area contributed by atoms with Gasteiger partial charge in [-0.25, -0.2) is 4.98 Å². The highest BCUT2D eigenvalue weighted by atomic mass is 16.1. The van der Waals surface area contributed by atoms with Crippen LogP contribution in [0, 0.1) is 0 Å². The molecular formula is C16H18BN3O. The van der Waals surface area contributed by atoms with Crippen LogP contribution >= 0.6 is 0 Å². The van der Waals surface area contributed by atoms with Gasteiger partial charge >= 0.3 is 0 Å². The van der Waals surface area contributed by atoms with E-state index < -0.39 is 0 Å². The van der Waals surface area contributed by atoms with E-state index in [1.807, 2.05) is 18.2 Å². The standard InChI is InChI=1S/C16H18BN3O/c1-17(11-12-5-3-2-4-6-12)20-15-8-7-13-14(19-15)9-10-18-16(13)21/h2-8H,9-11H2,1H3,(H,18,21)(H,19,20). The maximum atomic E-state index is 11.7. The largest absolute Gasteiger partial charge is 0.413 e. The Morgan fingerprint density at radius 1 is 1.24 bits per heavy atom. The molecule has 0 fully saturated rings. The van der Waals surface area contributed by atoms with Gasteiger partial charge in [0.15, 0.2) is 0 Å². The quantitative estimate of drug-likeness (QED) is 0.843. The van der Waals surface area contributed by atoms with Gasteiger partial charge < -0.3 is 10.5 Å². The molecule has 0 spiro atoms. The second-order valence-corrected chi connectivity index (χ2v) is 5.43. The topological polar surface area (TPSA) is 54.0 Å². The SMILES string of the molecule is CB(Cc1ccccc1)Nc1ccc2c(n1)CCNC2=O. The number of pyridine rings is 1. The zero-order valence-corrected chi connectivity index (χ0v) is 12.1. The smallest absolute Gasteiger partial charge is 0.254 e. The third kappa shape index (κ3) is 3.24. The van der Waals surface area contributed by atoms with Crippen LogP contribution in [-0.2, 0) is 12.7 Å². The first-order valence-electron chi connectivity index (χ1n) is 7.31. The summed E-state index contributed by atoms with van der Waals surface area (Å²) in [6, 6.07) is 14.1. The van der Waals surface area contributed by atoms with E-state index in [1.54, 1.807) is 0 Å². The molecular weight excluding hydrogens is 261 g/mol. The highest BCUT2D eigenvalue weighted by Gasteiger charge is 2.18. The highest BCUT2D eigenvalue weighted by molar-refractivity contribution is 6.60. The minimum atomic E-state index is -0.0207. The fourth-order valence-electron chi connectivity index (χ4n) is 2.64. The summed E-state index contributed by atoms with van der Waals surface area (Å²) in [5, 5.41) is 6.24. The third-order valence-corrected chi connectivity index (χ3v) is 3.65. The number of aromatic nitrogens is 1. The number of rotatable bonds is 4. The molecule has 3 rings (SSSR count). The summed E-state index contributed by atoms with van der Waals surface area (Å²) in [4.78, 5) is 16.3. The zero-order chi connectivity index (χ0) is 14.7. The molecule has 1 aliphatic heterocycles. The molecule has 0 atom stereocenters. The van der Waals surface area contributed by atoms with Gasteiger partial charge in [-0.1, -0.05) is 42.7 Å². The van der Waals surface area contributed by atoms with E-state index in [2.05, 4.69) is 46.6 Å². The average Bonchev–Trinajstić information content (AvgIpc) is 2.48. The number of nitrogens with one attached hydrogen (secondary N) is 2. The summed E-state index contributed by atoms with van der Waals surface area (Å²) < 4.78 is 0. The van der Waals surface area contributed by atoms with Gasteiger partial charge in [0.05, 0.1) is 11.3 Å². The van der Waals surface area contributed by atoms with Crippen LogP contribution in [-0.4, -0.2) is 24.3 Å². The molecule has 0 radical (unpaired) electrons. The molecule has 5 heteroatoms. The van der Waals surface area contributed by atoms with E-state index in [-0.39, 0.29) is 12.8 Å². The van der Waals surface area contributed by atoms with Crippen LogP contribution in [0.2, 0.25) is 6.82 Å². The van der Waals surface area contributed by atoms with Crippen molar-refractivity contribution in [3.63, 3.8) is 0 Å². The Morgan fingerprint density at radius 2 is 2.05 bits per heavy atom. The number of amides is 1. The fraction of sp³-hybridized carbons (Fsp3) is 0.250. The van der Waals surface area contributed by atoms with E-state index in [4.69, 9.17) is 0 Å². The summed E-state index contributed by atoms with van der Waals surface area (Å²) in [5.74, 6) is 0.819. The molecule has 1 aliphatic rings. The number of carbonyl (C=O) groups is 1. The van der Waals surface area contributed by atoms with Crippen LogP contribution < -0.4 is 10.5 Å². The van der Waals surface area contributed by atoms with Gasteiger partial charge in [0.25, 0.3) is 12.8 Å². The van der Waals surface area contributed by atoms with E-state index in [9.17, 15) is 4.79 Å². The number of hydrogen-bond donors (Lipinski definition) is 2. The highest BCUT2D eigenvalue weighted by Crippen LogP contribution is 2.15. The monoisotopic (exact) mass is 279 g/mol. The summed E-state index contributed by atoms with van der Waals surface area (Å²) in [6.07, 6.45) is 1.74. The Balaban J connectivity index is 1.69. The van der Waals surface area contributed by atoms with Crippen LogP contribution in [0.4, 0.5) is 5.82 Å². The third-order valence-electron chi connectivity index (χ3n) is 3.65. The molecule has 0 saturated heterocycles. The maximum absolute atomic E-state index is 11.7. The van der Waals surface area contributed by atoms with Crippen molar-refractivity contribution >= 4 is 18.6 Å². The summed E-state index contributed by atoms with van der Waals surface area (Å²) >= 11 is 0. The zero-order valence-electron chi connectivity index (χ0n) is 12.1. The van der Waals surface area contributed by atoms with Gasteiger partial charge in [-0.2, -0.15) is 0 Å². The van der Waals surface area contributed by atoms with E-state index in [0.717, 1.165) is 24.3 Å². The first kappa shape index (κ1) is 13.7. The minimum Gasteiger partial charge on any atom is -0.413 e. The molecule has 2 N–H and O–H groups in total. The molecule has 4 nitrogen and oxygen atoms in total. The second-order valence-electron chi connectivity index (χ2n) is 5.43. The van der Waals surface area contributed by atoms with Gasteiger partial charge in [0.2, 0.25) is 0 Å². The summed E-state index contributed by atoms with van der Waals surface area (Å²) in [6.45, 7) is 3.10. The van der Waals surface area contributed by atoms with Crippen molar-refractivity contribution in [3.8, 4) is 0 Å². The molecule has 1 aromatic heterocycles. The van der Waals surface area contributed by atoms with E-state index >= 15 is 0 Å². The molecule has 2 heterocycles. The first-order chi connectivity index (χ1) is 10.2. The van der Waals surface area contributed by atoms with E-state index in [1.165, 1.54) is 5.56 Å². The molecule has 106 valence electrons. The molecule has 1 aromatic carbocycles. The molecule has 0 saturated carbocycles. The second kappa shape index (κ2) is 6.00. The normalized spacial score (nSPS) is 13.3. The lowest BCUT2D eigenvalue weighted by molar-refractivity contribution is 0.0945. The number of benzene rings is 1. The Morgan fingerprint density at radius 3 is 2.86 bits per heavy atom. The molecule has 2 aromatic rings. The van der Waals surface area contributed by atoms with Crippen LogP contribution in [0.5, 0.6) is 0 Å². The average molecular weight is 279 g/mol. The van der Waals surface area contributed by atoms with Crippen molar-refractivity contribution in [1.82, 2.24) is 10.3 Å². The number of hydrogen-bond acceptors (Lipinski definition) is 3. The summed E-state index contributed by atoms with van der Waals surface area (Å²) in [5.41, 5.74) is 2.88. The van der Waals surface area contributed by atoms with Crippen molar-refractivity contribution in [3.05, 3.63) is 59.3 Å². The Kier molecular flexibility index (Phi) is 3.91. The van der Waals surface area contributed by atoms with Crippen molar-refractivity contribution in [2.75, 3.05) is 11.8 Å². The van der Waals surface area contributed by atoms with Crippen molar-refractivity contribution < 1.29 is 4.79 Å². The fourth-order valence-corrected chi connectivity index (χ4v) is 2.64. The van der Waals surface area contributed by atoms with Gasteiger partial charge in [-0.3, -0.25) is 4.79 Å². The van der Waals surface area contributed by atoms with E-state index in [0.29, 0.717) is 12.1 Å². The summed E-state index contributed by atoms with van der Waals surface area (Å²) in [7, 11) is 0. The lowest BCUT2D eigenvalue weighted by Crippen LogP contribution is -2.33. The first-order valence-corrected chi connectivity index (χ1v) is 7.31.